The number of aromatic nitrogens is 4. The van der Waals surface area contributed by atoms with Gasteiger partial charge in [0.05, 0.1) is 12.9 Å². The molecule has 4 rings (SSSR count). The first-order valence-electron chi connectivity index (χ1n) is 8.33. The molecule has 0 radical (unpaired) electrons. The van der Waals surface area contributed by atoms with Gasteiger partial charge in [-0.15, -0.1) is 0 Å². The molecule has 0 saturated carbocycles. The van der Waals surface area contributed by atoms with E-state index in [2.05, 4.69) is 15.0 Å². The number of phenols is 1. The van der Waals surface area contributed by atoms with Crippen molar-refractivity contribution in [3.05, 3.63) is 42.5 Å². The second kappa shape index (κ2) is 6.43. The third-order valence-electron chi connectivity index (χ3n) is 4.91. The van der Waals surface area contributed by atoms with Crippen LogP contribution in [0.4, 0.5) is 5.82 Å². The molecule has 1 aromatic carbocycles. The molecule has 0 bridgehead atoms. The Kier molecular flexibility index (Phi) is 4.19. The highest BCUT2D eigenvalue weighted by atomic mass is 16.6. The van der Waals surface area contributed by atoms with Gasteiger partial charge in [-0.1, -0.05) is 18.2 Å². The number of ether oxygens (including phenoxy) is 1. The van der Waals surface area contributed by atoms with Gasteiger partial charge < -0.3 is 30.9 Å². The van der Waals surface area contributed by atoms with E-state index in [0.717, 1.165) is 0 Å². The van der Waals surface area contributed by atoms with Crippen molar-refractivity contribution in [1.29, 1.82) is 0 Å². The highest BCUT2D eigenvalue weighted by molar-refractivity contribution is 5.81. The Bertz CT molecular complexity index is 979. The van der Waals surface area contributed by atoms with Crippen LogP contribution in [0.15, 0.2) is 36.9 Å². The van der Waals surface area contributed by atoms with Crippen molar-refractivity contribution in [2.75, 3.05) is 12.3 Å². The van der Waals surface area contributed by atoms with E-state index >= 15 is 0 Å². The molecular formula is C17H19N5O5. The molecular weight excluding hydrogens is 354 g/mol. The van der Waals surface area contributed by atoms with E-state index in [9.17, 15) is 20.4 Å². The Hall–Kier alpha value is -2.79. The number of benzene rings is 1. The molecule has 1 aliphatic heterocycles. The fourth-order valence-electron chi connectivity index (χ4n) is 3.51. The Balaban J connectivity index is 1.91. The average molecular weight is 373 g/mol. The fourth-order valence-corrected chi connectivity index (χ4v) is 3.51. The van der Waals surface area contributed by atoms with E-state index in [1.807, 2.05) is 0 Å². The number of nitrogens with zero attached hydrogens (tertiary/aromatic N) is 4. The minimum atomic E-state index is -1.57. The number of aliphatic hydroxyl groups excluding tert-OH is 3. The van der Waals surface area contributed by atoms with Crippen LogP contribution in [0.5, 0.6) is 5.75 Å². The number of nitrogens with two attached hydrogens (primary N) is 1. The molecule has 6 N–H and O–H groups in total. The number of phenolic OH excluding ortho intramolecular Hbond substituents is 1. The van der Waals surface area contributed by atoms with Gasteiger partial charge in [-0.25, -0.2) is 15.0 Å². The molecule has 10 nitrogen and oxygen atoms in total. The van der Waals surface area contributed by atoms with Crippen molar-refractivity contribution in [2.24, 2.45) is 0 Å². The van der Waals surface area contributed by atoms with Crippen LogP contribution >= 0.6 is 0 Å². The number of aliphatic hydroxyl groups is 3. The Morgan fingerprint density at radius 2 is 1.96 bits per heavy atom. The maximum absolute atomic E-state index is 10.9. The zero-order chi connectivity index (χ0) is 19.2. The Labute approximate surface area is 153 Å². The molecule has 2 aromatic heterocycles. The van der Waals surface area contributed by atoms with Crippen molar-refractivity contribution >= 4 is 17.0 Å². The molecule has 3 aromatic rings. The smallest absolute Gasteiger partial charge is 0.180 e. The Morgan fingerprint density at radius 1 is 1.19 bits per heavy atom. The number of imidazole rings is 1. The fraction of sp³-hybridized carbons (Fsp3) is 0.353. The van der Waals surface area contributed by atoms with Crippen molar-refractivity contribution in [2.45, 2.75) is 30.5 Å². The van der Waals surface area contributed by atoms with Crippen LogP contribution < -0.4 is 5.73 Å². The third kappa shape index (κ3) is 2.61. The second-order valence-electron chi connectivity index (χ2n) is 6.47. The molecule has 3 heterocycles. The van der Waals surface area contributed by atoms with E-state index in [-0.39, 0.29) is 18.0 Å². The molecule has 1 saturated heterocycles. The zero-order valence-corrected chi connectivity index (χ0v) is 14.2. The lowest BCUT2D eigenvalue weighted by Gasteiger charge is -2.34. The molecule has 0 aliphatic carbocycles. The number of rotatable bonds is 4. The lowest BCUT2D eigenvalue weighted by atomic mass is 9.94. The average Bonchev–Trinajstić information content (AvgIpc) is 3.20. The van der Waals surface area contributed by atoms with Gasteiger partial charge in [-0.3, -0.25) is 4.57 Å². The van der Waals surface area contributed by atoms with Gasteiger partial charge in [0.15, 0.2) is 17.2 Å². The van der Waals surface area contributed by atoms with Crippen LogP contribution in [0.2, 0.25) is 0 Å². The topological polar surface area (TPSA) is 160 Å². The number of aromatic hydroxyl groups is 1. The zero-order valence-electron chi connectivity index (χ0n) is 14.2. The summed E-state index contributed by atoms with van der Waals surface area (Å²) in [5, 5.41) is 41.0. The van der Waals surface area contributed by atoms with Gasteiger partial charge in [0.1, 0.15) is 35.9 Å². The summed E-state index contributed by atoms with van der Waals surface area (Å²) in [5.74, 6) is 0.163. The van der Waals surface area contributed by atoms with Gasteiger partial charge in [0.25, 0.3) is 0 Å². The lowest BCUT2D eigenvalue weighted by molar-refractivity contribution is -0.145. The van der Waals surface area contributed by atoms with Crippen LogP contribution in [-0.4, -0.2) is 64.9 Å². The van der Waals surface area contributed by atoms with Crippen LogP contribution in [-0.2, 0) is 16.9 Å². The first-order valence-corrected chi connectivity index (χ1v) is 8.33. The molecule has 10 heteroatoms. The predicted molar refractivity (Wildman–Crippen MR) is 93.5 cm³/mol. The molecule has 1 aliphatic rings. The SMILES string of the molecule is Nc1ncnc2c1ncn2[C@]1(Cc2ccccc2O)O[C@H](CO)[C@@H](O)[C@H]1O. The second-order valence-corrected chi connectivity index (χ2v) is 6.47. The van der Waals surface area contributed by atoms with Crippen molar-refractivity contribution < 1.29 is 25.2 Å². The standard InChI is InChI=1S/C17H19N5O5/c18-15-12-16(20-7-19-15)22(8-21-12)17(5-9-3-1-2-4-10(9)24)14(26)13(25)11(6-23)27-17/h1-4,7-8,11,13-14,23-26H,5-6H2,(H2,18,19,20)/t11-,13-,14-,17-/m1/s1. The number of anilines is 1. The number of nitrogen functional groups attached to an aromatic ring is 1. The minimum Gasteiger partial charge on any atom is -0.508 e. The van der Waals surface area contributed by atoms with Crippen LogP contribution in [0.25, 0.3) is 11.2 Å². The minimum absolute atomic E-state index is 0.00757. The molecule has 142 valence electrons. The quantitative estimate of drug-likeness (QED) is 0.391. The van der Waals surface area contributed by atoms with E-state index in [4.69, 9.17) is 10.5 Å². The van der Waals surface area contributed by atoms with E-state index in [0.29, 0.717) is 16.7 Å². The van der Waals surface area contributed by atoms with Gasteiger partial charge in [0.2, 0.25) is 0 Å². The molecule has 0 spiro atoms. The predicted octanol–water partition coefficient (Wildman–Crippen LogP) is -0.878. The summed E-state index contributed by atoms with van der Waals surface area (Å²) < 4.78 is 7.39. The molecule has 4 atom stereocenters. The molecule has 27 heavy (non-hydrogen) atoms. The van der Waals surface area contributed by atoms with E-state index < -0.39 is 30.6 Å². The lowest BCUT2D eigenvalue weighted by Crippen LogP contribution is -2.47. The van der Waals surface area contributed by atoms with Gasteiger partial charge in [-0.2, -0.15) is 0 Å². The number of hydrogen-bond donors (Lipinski definition) is 5. The molecule has 0 amide bonds. The van der Waals surface area contributed by atoms with Gasteiger partial charge in [-0.05, 0) is 11.6 Å². The maximum Gasteiger partial charge on any atom is 0.180 e. The van der Waals surface area contributed by atoms with Crippen LogP contribution in [0.3, 0.4) is 0 Å². The summed E-state index contributed by atoms with van der Waals surface area (Å²) in [6.07, 6.45) is -1.18. The van der Waals surface area contributed by atoms with E-state index in [1.165, 1.54) is 23.3 Å². The summed E-state index contributed by atoms with van der Waals surface area (Å²) in [7, 11) is 0. The molecule has 0 unspecified atom stereocenters. The monoisotopic (exact) mass is 373 g/mol. The molecule has 1 fully saturated rings. The third-order valence-corrected chi connectivity index (χ3v) is 4.91. The van der Waals surface area contributed by atoms with Crippen LogP contribution in [0, 0.1) is 0 Å². The summed E-state index contributed by atoms with van der Waals surface area (Å²) in [6, 6.07) is 6.59. The highest BCUT2D eigenvalue weighted by Crippen LogP contribution is 2.41. The van der Waals surface area contributed by atoms with Crippen LogP contribution in [0.1, 0.15) is 5.56 Å². The summed E-state index contributed by atoms with van der Waals surface area (Å²) in [5.41, 5.74) is 5.36. The summed E-state index contributed by atoms with van der Waals surface area (Å²) in [4.78, 5) is 12.3. The first kappa shape index (κ1) is 17.6. The van der Waals surface area contributed by atoms with Crippen molar-refractivity contribution in [3.63, 3.8) is 0 Å². The number of para-hydroxylation sites is 1. The largest absolute Gasteiger partial charge is 0.508 e. The highest BCUT2D eigenvalue weighted by Gasteiger charge is 2.56. The number of hydrogen-bond acceptors (Lipinski definition) is 9. The van der Waals surface area contributed by atoms with Crippen molar-refractivity contribution in [1.82, 2.24) is 19.5 Å². The summed E-state index contributed by atoms with van der Waals surface area (Å²) >= 11 is 0. The first-order chi connectivity index (χ1) is 13.0. The maximum atomic E-state index is 10.9. The van der Waals surface area contributed by atoms with E-state index in [1.54, 1.807) is 18.2 Å². The van der Waals surface area contributed by atoms with Crippen molar-refractivity contribution in [3.8, 4) is 5.75 Å². The van der Waals surface area contributed by atoms with Gasteiger partial charge >= 0.3 is 0 Å². The normalized spacial score (nSPS) is 28.0. The summed E-state index contributed by atoms with van der Waals surface area (Å²) in [6.45, 7) is -0.496. The number of fused-ring (bicyclic) bond motifs is 1. The Morgan fingerprint density at radius 3 is 2.67 bits per heavy atom. The van der Waals surface area contributed by atoms with Gasteiger partial charge in [0, 0.05) is 6.42 Å².